The van der Waals surface area contributed by atoms with E-state index in [4.69, 9.17) is 5.73 Å². The second-order valence-electron chi connectivity index (χ2n) is 1.52. The summed E-state index contributed by atoms with van der Waals surface area (Å²) in [5.74, 6) is 0.500. The van der Waals surface area contributed by atoms with Crippen LogP contribution in [-0.2, 0) is 15.3 Å². The van der Waals surface area contributed by atoms with E-state index >= 15 is 0 Å². The number of nitrogens with two attached hydrogens (primary N) is 1. The highest BCUT2D eigenvalue weighted by atomic mass is 32.2. The topological polar surface area (TPSA) is 52.3 Å². The van der Waals surface area contributed by atoms with Gasteiger partial charge in [0.15, 0.2) is 11.1 Å². The normalized spacial score (nSPS) is 41.9. The summed E-state index contributed by atoms with van der Waals surface area (Å²) in [5, 5.41) is 0. The third kappa shape index (κ3) is 1.22. The van der Waals surface area contributed by atoms with E-state index in [-0.39, 0.29) is 6.04 Å². The number of rotatable bonds is 0. The van der Waals surface area contributed by atoms with Crippen molar-refractivity contribution in [2.75, 3.05) is 12.4 Å². The molecular formula is C3H7NO2S. The maximum Gasteiger partial charge on any atom is 0.157 e. The summed E-state index contributed by atoms with van der Waals surface area (Å²) in [6.45, 7) is 0.451. The van der Waals surface area contributed by atoms with Gasteiger partial charge in [0.25, 0.3) is 0 Å². The molecule has 0 bridgehead atoms. The molecule has 0 aromatic heterocycles. The summed E-state index contributed by atoms with van der Waals surface area (Å²) in [7, 11) is 0. The minimum atomic E-state index is -1.08. The van der Waals surface area contributed by atoms with Crippen LogP contribution in [-0.4, -0.2) is 22.6 Å². The van der Waals surface area contributed by atoms with Gasteiger partial charge in [-0.1, -0.05) is 0 Å². The Kier molecular flexibility index (Phi) is 1.41. The zero-order valence-corrected chi connectivity index (χ0v) is 4.61. The maximum atomic E-state index is 10.3. The van der Waals surface area contributed by atoms with E-state index in [0.29, 0.717) is 12.4 Å². The van der Waals surface area contributed by atoms with E-state index in [9.17, 15) is 4.21 Å². The van der Waals surface area contributed by atoms with Crippen molar-refractivity contribution in [3.63, 3.8) is 0 Å². The van der Waals surface area contributed by atoms with Crippen LogP contribution < -0.4 is 5.73 Å². The van der Waals surface area contributed by atoms with Crippen molar-refractivity contribution in [1.29, 1.82) is 0 Å². The van der Waals surface area contributed by atoms with Gasteiger partial charge < -0.3 is 5.73 Å². The van der Waals surface area contributed by atoms with Crippen molar-refractivity contribution < 1.29 is 8.39 Å². The van der Waals surface area contributed by atoms with Crippen LogP contribution in [0, 0.1) is 0 Å². The molecule has 4 heteroatoms. The van der Waals surface area contributed by atoms with Gasteiger partial charge in [-0.25, -0.2) is 4.21 Å². The molecule has 2 atom stereocenters. The van der Waals surface area contributed by atoms with Crippen LogP contribution in [0.5, 0.6) is 0 Å². The predicted octanol–water partition coefficient (Wildman–Crippen LogP) is -0.992. The second-order valence-corrected chi connectivity index (χ2v) is 2.69. The standard InChI is InChI=1S/C3H7NO2S/c4-3-1-6-7(5)2-3/h3H,1-2,4H2/t3-,7?/m1/s1. The fourth-order valence-electron chi connectivity index (χ4n) is 0.434. The largest absolute Gasteiger partial charge is 0.325 e. The minimum Gasteiger partial charge on any atom is -0.325 e. The van der Waals surface area contributed by atoms with E-state index in [1.165, 1.54) is 0 Å². The van der Waals surface area contributed by atoms with Crippen LogP contribution in [0.15, 0.2) is 0 Å². The SMILES string of the molecule is N[C@@H]1COS(=O)C1. The molecule has 0 aliphatic carbocycles. The fourth-order valence-corrected chi connectivity index (χ4v) is 1.30. The summed E-state index contributed by atoms with van der Waals surface area (Å²) in [6.07, 6.45) is 0. The van der Waals surface area contributed by atoms with Crippen LogP contribution in [0.2, 0.25) is 0 Å². The molecule has 0 spiro atoms. The van der Waals surface area contributed by atoms with Crippen LogP contribution in [0.4, 0.5) is 0 Å². The van der Waals surface area contributed by atoms with Crippen LogP contribution in [0.3, 0.4) is 0 Å². The molecule has 0 amide bonds. The van der Waals surface area contributed by atoms with E-state index in [1.54, 1.807) is 0 Å². The summed E-state index contributed by atoms with van der Waals surface area (Å²) in [6, 6.07) is 0.000772. The van der Waals surface area contributed by atoms with Crippen molar-refractivity contribution in [2.24, 2.45) is 5.73 Å². The van der Waals surface area contributed by atoms with Crippen molar-refractivity contribution >= 4 is 11.1 Å². The molecule has 2 N–H and O–H groups in total. The van der Waals surface area contributed by atoms with Gasteiger partial charge in [0, 0.05) is 6.04 Å². The van der Waals surface area contributed by atoms with Gasteiger partial charge in [0.1, 0.15) is 0 Å². The Morgan fingerprint density at radius 1 is 1.86 bits per heavy atom. The van der Waals surface area contributed by atoms with Gasteiger partial charge in [-0.3, -0.25) is 4.18 Å². The molecule has 7 heavy (non-hydrogen) atoms. The van der Waals surface area contributed by atoms with Crippen LogP contribution >= 0.6 is 0 Å². The summed E-state index contributed by atoms with van der Waals surface area (Å²) in [5.41, 5.74) is 5.31. The Morgan fingerprint density at radius 3 is 2.71 bits per heavy atom. The summed E-state index contributed by atoms with van der Waals surface area (Å²) >= 11 is -1.08. The lowest BCUT2D eigenvalue weighted by molar-refractivity contribution is 0.362. The van der Waals surface area contributed by atoms with Gasteiger partial charge in [-0.05, 0) is 0 Å². The van der Waals surface area contributed by atoms with Crippen molar-refractivity contribution in [3.05, 3.63) is 0 Å². The van der Waals surface area contributed by atoms with E-state index in [1.807, 2.05) is 0 Å². The van der Waals surface area contributed by atoms with E-state index in [2.05, 4.69) is 4.18 Å². The van der Waals surface area contributed by atoms with Gasteiger partial charge in [0.05, 0.1) is 12.4 Å². The third-order valence-electron chi connectivity index (χ3n) is 0.764. The van der Waals surface area contributed by atoms with Crippen LogP contribution in [0.1, 0.15) is 0 Å². The molecule has 3 nitrogen and oxygen atoms in total. The first kappa shape index (κ1) is 5.21. The van der Waals surface area contributed by atoms with Gasteiger partial charge in [-0.2, -0.15) is 0 Å². The highest BCUT2D eigenvalue weighted by Gasteiger charge is 2.16. The summed E-state index contributed by atoms with van der Waals surface area (Å²) < 4.78 is 14.9. The van der Waals surface area contributed by atoms with Crippen LogP contribution in [0.25, 0.3) is 0 Å². The van der Waals surface area contributed by atoms with E-state index in [0.717, 1.165) is 0 Å². The third-order valence-corrected chi connectivity index (χ3v) is 1.86. The molecule has 0 aromatic rings. The lowest BCUT2D eigenvalue weighted by atomic mass is 10.4. The van der Waals surface area contributed by atoms with Gasteiger partial charge in [0.2, 0.25) is 0 Å². The van der Waals surface area contributed by atoms with E-state index < -0.39 is 11.1 Å². The average Bonchev–Trinajstić information content (AvgIpc) is 1.87. The highest BCUT2D eigenvalue weighted by Crippen LogP contribution is 1.99. The zero-order valence-electron chi connectivity index (χ0n) is 3.79. The molecule has 1 aliphatic rings. The average molecular weight is 121 g/mol. The van der Waals surface area contributed by atoms with Crippen molar-refractivity contribution in [2.45, 2.75) is 6.04 Å². The fraction of sp³-hybridized carbons (Fsp3) is 1.00. The quantitative estimate of drug-likeness (QED) is 0.447. The maximum absolute atomic E-state index is 10.3. The Morgan fingerprint density at radius 2 is 2.57 bits per heavy atom. The molecule has 0 aromatic carbocycles. The number of hydrogen-bond donors (Lipinski definition) is 1. The zero-order chi connectivity index (χ0) is 5.28. The first-order valence-electron chi connectivity index (χ1n) is 2.06. The molecular weight excluding hydrogens is 114 g/mol. The Hall–Kier alpha value is 0.0700. The Balaban J connectivity index is 2.40. The smallest absolute Gasteiger partial charge is 0.157 e. The molecule has 0 radical (unpaired) electrons. The molecule has 42 valence electrons. The molecule has 0 saturated carbocycles. The molecule has 1 unspecified atom stereocenters. The Bertz CT molecular complexity index is 94.9. The number of hydrogen-bond acceptors (Lipinski definition) is 3. The second kappa shape index (κ2) is 1.90. The first-order chi connectivity index (χ1) is 3.29. The molecule has 1 heterocycles. The lowest BCUT2D eigenvalue weighted by Crippen LogP contribution is -2.22. The predicted molar refractivity (Wildman–Crippen MR) is 26.9 cm³/mol. The first-order valence-corrected chi connectivity index (χ1v) is 3.30. The molecule has 1 fully saturated rings. The molecule has 1 rings (SSSR count). The Labute approximate surface area is 44.5 Å². The summed E-state index contributed by atoms with van der Waals surface area (Å²) in [4.78, 5) is 0. The van der Waals surface area contributed by atoms with Gasteiger partial charge in [-0.15, -0.1) is 0 Å². The molecule has 1 saturated heterocycles. The lowest BCUT2D eigenvalue weighted by Gasteiger charge is -1.88. The van der Waals surface area contributed by atoms with Crippen molar-refractivity contribution in [1.82, 2.24) is 0 Å². The van der Waals surface area contributed by atoms with Crippen molar-refractivity contribution in [3.8, 4) is 0 Å². The highest BCUT2D eigenvalue weighted by molar-refractivity contribution is 7.80. The van der Waals surface area contributed by atoms with Gasteiger partial charge >= 0.3 is 0 Å². The molecule has 1 aliphatic heterocycles. The minimum absolute atomic E-state index is 0.000772. The monoisotopic (exact) mass is 121 g/mol.